The molecule has 4 heteroatoms. The van der Waals surface area contributed by atoms with Crippen molar-refractivity contribution < 1.29 is 9.84 Å². The number of ether oxygens (including phenoxy) is 1. The molecule has 0 aliphatic rings. The fourth-order valence-electron chi connectivity index (χ4n) is 2.34. The van der Waals surface area contributed by atoms with Crippen molar-refractivity contribution in [3.63, 3.8) is 0 Å². The van der Waals surface area contributed by atoms with Crippen LogP contribution in [0.2, 0.25) is 0 Å². The molecule has 0 spiro atoms. The SMILES string of the molecule is CCC(CC)(CC)NCC(O)COc1ccc(C#N)cc1. The van der Waals surface area contributed by atoms with Crippen molar-refractivity contribution in [3.05, 3.63) is 29.8 Å². The molecular weight excluding hydrogens is 264 g/mol. The third kappa shape index (κ3) is 5.37. The number of aliphatic hydroxyl groups is 1. The average molecular weight is 290 g/mol. The highest BCUT2D eigenvalue weighted by Crippen LogP contribution is 2.19. The Labute approximate surface area is 127 Å². The predicted molar refractivity (Wildman–Crippen MR) is 84.3 cm³/mol. The third-order valence-corrected chi connectivity index (χ3v) is 4.17. The van der Waals surface area contributed by atoms with Gasteiger partial charge in [0.05, 0.1) is 11.6 Å². The summed E-state index contributed by atoms with van der Waals surface area (Å²) in [5.41, 5.74) is 0.707. The molecule has 0 saturated heterocycles. The highest BCUT2D eigenvalue weighted by molar-refractivity contribution is 5.34. The second kappa shape index (κ2) is 8.66. The number of nitriles is 1. The van der Waals surface area contributed by atoms with Crippen LogP contribution in [0.5, 0.6) is 5.75 Å². The number of hydrogen-bond acceptors (Lipinski definition) is 4. The van der Waals surface area contributed by atoms with E-state index in [0.717, 1.165) is 19.3 Å². The molecule has 0 aromatic heterocycles. The van der Waals surface area contributed by atoms with Crippen LogP contribution in [0.3, 0.4) is 0 Å². The summed E-state index contributed by atoms with van der Waals surface area (Å²) in [6.45, 7) is 7.26. The van der Waals surface area contributed by atoms with Crippen LogP contribution in [0.4, 0.5) is 0 Å². The van der Waals surface area contributed by atoms with Gasteiger partial charge in [-0.25, -0.2) is 0 Å². The quantitative estimate of drug-likeness (QED) is 0.734. The average Bonchev–Trinajstić information content (AvgIpc) is 2.55. The van der Waals surface area contributed by atoms with Crippen molar-refractivity contribution in [1.29, 1.82) is 5.26 Å². The van der Waals surface area contributed by atoms with Crippen LogP contribution in [0.15, 0.2) is 24.3 Å². The van der Waals surface area contributed by atoms with Crippen LogP contribution in [0, 0.1) is 11.3 Å². The number of rotatable bonds is 9. The number of nitrogens with one attached hydrogen (secondary N) is 1. The Morgan fingerprint density at radius 1 is 1.19 bits per heavy atom. The van der Waals surface area contributed by atoms with Crippen LogP contribution >= 0.6 is 0 Å². The Morgan fingerprint density at radius 2 is 1.76 bits per heavy atom. The molecule has 0 heterocycles. The normalized spacial score (nSPS) is 12.7. The van der Waals surface area contributed by atoms with Gasteiger partial charge in [-0.2, -0.15) is 5.26 Å². The molecule has 1 aromatic carbocycles. The lowest BCUT2D eigenvalue weighted by molar-refractivity contribution is 0.0942. The van der Waals surface area contributed by atoms with E-state index in [-0.39, 0.29) is 12.1 Å². The van der Waals surface area contributed by atoms with Crippen LogP contribution in [0.1, 0.15) is 45.6 Å². The predicted octanol–water partition coefficient (Wildman–Crippen LogP) is 2.86. The zero-order chi connectivity index (χ0) is 15.7. The first-order valence-corrected chi connectivity index (χ1v) is 7.65. The molecule has 0 aliphatic carbocycles. The van der Waals surface area contributed by atoms with Gasteiger partial charge >= 0.3 is 0 Å². The van der Waals surface area contributed by atoms with Crippen LogP contribution in [-0.2, 0) is 0 Å². The smallest absolute Gasteiger partial charge is 0.119 e. The molecule has 0 bridgehead atoms. The first kappa shape index (κ1) is 17.5. The lowest BCUT2D eigenvalue weighted by Gasteiger charge is -2.33. The summed E-state index contributed by atoms with van der Waals surface area (Å²) in [5, 5.41) is 22.2. The molecule has 0 fully saturated rings. The van der Waals surface area contributed by atoms with Crippen molar-refractivity contribution in [2.24, 2.45) is 0 Å². The number of β-amino-alcohol motifs (C(OH)–C–C–N with tert-alkyl or cyclic N) is 1. The van der Waals surface area contributed by atoms with Crippen LogP contribution in [0.25, 0.3) is 0 Å². The molecule has 116 valence electrons. The maximum atomic E-state index is 10.0. The summed E-state index contributed by atoms with van der Waals surface area (Å²) >= 11 is 0. The van der Waals surface area contributed by atoms with Gasteiger partial charge in [0.1, 0.15) is 18.5 Å². The number of hydrogen-bond donors (Lipinski definition) is 2. The second-order valence-corrected chi connectivity index (χ2v) is 5.32. The molecule has 1 rings (SSSR count). The largest absolute Gasteiger partial charge is 0.491 e. The fourth-order valence-corrected chi connectivity index (χ4v) is 2.34. The zero-order valence-corrected chi connectivity index (χ0v) is 13.2. The molecule has 0 saturated carbocycles. The summed E-state index contributed by atoms with van der Waals surface area (Å²) in [6.07, 6.45) is 2.58. The number of aliphatic hydroxyl groups excluding tert-OH is 1. The van der Waals surface area contributed by atoms with Gasteiger partial charge in [0.15, 0.2) is 0 Å². The monoisotopic (exact) mass is 290 g/mol. The van der Waals surface area contributed by atoms with Crippen LogP contribution in [-0.4, -0.2) is 29.9 Å². The highest BCUT2D eigenvalue weighted by Gasteiger charge is 2.23. The molecular formula is C17H26N2O2. The fraction of sp³-hybridized carbons (Fsp3) is 0.588. The Hall–Kier alpha value is -1.57. The van der Waals surface area contributed by atoms with E-state index >= 15 is 0 Å². The van der Waals surface area contributed by atoms with Crippen molar-refractivity contribution in [1.82, 2.24) is 5.32 Å². The second-order valence-electron chi connectivity index (χ2n) is 5.32. The molecule has 0 amide bonds. The highest BCUT2D eigenvalue weighted by atomic mass is 16.5. The third-order valence-electron chi connectivity index (χ3n) is 4.17. The summed E-state index contributed by atoms with van der Waals surface area (Å²) in [6, 6.07) is 8.96. The molecule has 2 N–H and O–H groups in total. The van der Waals surface area contributed by atoms with E-state index in [0.29, 0.717) is 17.9 Å². The van der Waals surface area contributed by atoms with Gasteiger partial charge in [0.25, 0.3) is 0 Å². The van der Waals surface area contributed by atoms with E-state index in [4.69, 9.17) is 10.00 Å². The van der Waals surface area contributed by atoms with Gasteiger partial charge in [0, 0.05) is 12.1 Å². The molecule has 0 radical (unpaired) electrons. The van der Waals surface area contributed by atoms with Gasteiger partial charge in [-0.15, -0.1) is 0 Å². The van der Waals surface area contributed by atoms with Gasteiger partial charge in [-0.05, 0) is 43.5 Å². The molecule has 4 nitrogen and oxygen atoms in total. The number of nitrogens with zero attached hydrogens (tertiary/aromatic N) is 1. The summed E-state index contributed by atoms with van der Waals surface area (Å²) in [7, 11) is 0. The van der Waals surface area contributed by atoms with Crippen molar-refractivity contribution in [2.75, 3.05) is 13.2 Å². The summed E-state index contributed by atoms with van der Waals surface area (Å²) in [4.78, 5) is 0. The minimum Gasteiger partial charge on any atom is -0.491 e. The van der Waals surface area contributed by atoms with E-state index in [1.165, 1.54) is 0 Å². The summed E-state index contributed by atoms with van der Waals surface area (Å²) < 4.78 is 5.53. The zero-order valence-electron chi connectivity index (χ0n) is 13.2. The van der Waals surface area contributed by atoms with Gasteiger partial charge in [0.2, 0.25) is 0 Å². The minimum atomic E-state index is -0.551. The van der Waals surface area contributed by atoms with Gasteiger partial charge < -0.3 is 15.2 Å². The molecule has 21 heavy (non-hydrogen) atoms. The Kier molecular flexibility index (Phi) is 7.21. The minimum absolute atomic E-state index is 0.107. The van der Waals surface area contributed by atoms with E-state index in [1.54, 1.807) is 24.3 Å². The molecule has 1 aromatic rings. The Morgan fingerprint density at radius 3 is 2.24 bits per heavy atom. The topological polar surface area (TPSA) is 65.3 Å². The molecule has 0 aliphatic heterocycles. The lowest BCUT2D eigenvalue weighted by atomic mass is 9.90. The number of benzene rings is 1. The lowest BCUT2D eigenvalue weighted by Crippen LogP contribution is -2.47. The van der Waals surface area contributed by atoms with Crippen molar-refractivity contribution in [2.45, 2.75) is 51.7 Å². The maximum absolute atomic E-state index is 10.0. The first-order chi connectivity index (χ1) is 10.1. The molecule has 1 unspecified atom stereocenters. The van der Waals surface area contributed by atoms with Crippen LogP contribution < -0.4 is 10.1 Å². The maximum Gasteiger partial charge on any atom is 0.119 e. The standard InChI is InChI=1S/C17H26N2O2/c1-4-17(5-2,6-3)19-12-15(20)13-21-16-9-7-14(11-18)8-10-16/h7-10,15,19-20H,4-6,12-13H2,1-3H3. The summed E-state index contributed by atoms with van der Waals surface area (Å²) in [5.74, 6) is 0.667. The van der Waals surface area contributed by atoms with E-state index in [2.05, 4.69) is 32.2 Å². The van der Waals surface area contributed by atoms with E-state index in [9.17, 15) is 5.11 Å². The van der Waals surface area contributed by atoms with E-state index < -0.39 is 6.10 Å². The first-order valence-electron chi connectivity index (χ1n) is 7.65. The Bertz CT molecular complexity index is 439. The van der Waals surface area contributed by atoms with Crippen molar-refractivity contribution >= 4 is 0 Å². The Balaban J connectivity index is 2.40. The van der Waals surface area contributed by atoms with Crippen molar-refractivity contribution in [3.8, 4) is 11.8 Å². The molecule has 1 atom stereocenters. The van der Waals surface area contributed by atoms with Gasteiger partial charge in [-0.3, -0.25) is 0 Å². The van der Waals surface area contributed by atoms with Gasteiger partial charge in [-0.1, -0.05) is 20.8 Å². The van der Waals surface area contributed by atoms with E-state index in [1.807, 2.05) is 0 Å².